The monoisotopic (exact) mass is 227 g/mol. The smallest absolute Gasteiger partial charge is 0.0691 e. The molecule has 0 amide bonds. The SMILES string of the molecule is CC(C)CC[C@H](O)[C@@H](N)CC1CCCCC1. The fourth-order valence-corrected chi connectivity index (χ4v) is 2.68. The van der Waals surface area contributed by atoms with Crippen molar-refractivity contribution in [3.8, 4) is 0 Å². The molecule has 1 aliphatic carbocycles. The molecule has 2 nitrogen and oxygen atoms in total. The first-order valence-corrected chi connectivity index (χ1v) is 7.03. The van der Waals surface area contributed by atoms with Crippen LogP contribution in [-0.4, -0.2) is 17.3 Å². The van der Waals surface area contributed by atoms with Crippen molar-refractivity contribution in [2.45, 2.75) is 77.4 Å². The van der Waals surface area contributed by atoms with Gasteiger partial charge in [0.05, 0.1) is 6.10 Å². The Bertz CT molecular complexity index is 176. The van der Waals surface area contributed by atoms with Crippen molar-refractivity contribution in [2.75, 3.05) is 0 Å². The second kappa shape index (κ2) is 7.29. The van der Waals surface area contributed by atoms with E-state index in [-0.39, 0.29) is 12.1 Å². The Labute approximate surface area is 101 Å². The summed E-state index contributed by atoms with van der Waals surface area (Å²) in [6.07, 6.45) is 9.45. The Morgan fingerprint density at radius 2 is 1.75 bits per heavy atom. The summed E-state index contributed by atoms with van der Waals surface area (Å²) in [7, 11) is 0. The molecule has 0 saturated heterocycles. The molecule has 3 N–H and O–H groups in total. The maximum absolute atomic E-state index is 9.97. The molecule has 0 aromatic rings. The molecule has 1 rings (SSSR count). The van der Waals surface area contributed by atoms with Crippen LogP contribution >= 0.6 is 0 Å². The number of aliphatic hydroxyl groups excluding tert-OH is 1. The molecular formula is C14H29NO. The van der Waals surface area contributed by atoms with E-state index in [2.05, 4.69) is 13.8 Å². The lowest BCUT2D eigenvalue weighted by atomic mass is 9.83. The summed E-state index contributed by atoms with van der Waals surface area (Å²) in [5.74, 6) is 1.44. The molecule has 2 heteroatoms. The molecule has 1 saturated carbocycles. The fraction of sp³-hybridized carbons (Fsp3) is 1.00. The molecule has 0 heterocycles. The van der Waals surface area contributed by atoms with E-state index < -0.39 is 0 Å². The van der Waals surface area contributed by atoms with Gasteiger partial charge in [-0.05, 0) is 31.1 Å². The van der Waals surface area contributed by atoms with E-state index >= 15 is 0 Å². The van der Waals surface area contributed by atoms with Crippen molar-refractivity contribution < 1.29 is 5.11 Å². The lowest BCUT2D eigenvalue weighted by molar-refractivity contribution is 0.112. The van der Waals surface area contributed by atoms with Crippen molar-refractivity contribution in [1.82, 2.24) is 0 Å². The van der Waals surface area contributed by atoms with Crippen LogP contribution < -0.4 is 5.73 Å². The third kappa shape index (κ3) is 5.31. The summed E-state index contributed by atoms with van der Waals surface area (Å²) in [5.41, 5.74) is 6.08. The molecule has 0 aliphatic heterocycles. The van der Waals surface area contributed by atoms with Crippen LogP contribution in [0.3, 0.4) is 0 Å². The molecule has 0 radical (unpaired) electrons. The molecule has 96 valence electrons. The van der Waals surface area contributed by atoms with E-state index in [0.29, 0.717) is 5.92 Å². The predicted molar refractivity (Wildman–Crippen MR) is 69.2 cm³/mol. The first-order valence-electron chi connectivity index (χ1n) is 7.03. The third-order valence-electron chi connectivity index (χ3n) is 3.86. The quantitative estimate of drug-likeness (QED) is 0.732. The predicted octanol–water partition coefficient (Wildman–Crippen LogP) is 3.08. The van der Waals surface area contributed by atoms with Gasteiger partial charge >= 0.3 is 0 Å². The van der Waals surface area contributed by atoms with E-state index in [1.807, 2.05) is 0 Å². The Morgan fingerprint density at radius 3 is 2.31 bits per heavy atom. The van der Waals surface area contributed by atoms with E-state index in [4.69, 9.17) is 5.73 Å². The number of rotatable bonds is 6. The summed E-state index contributed by atoms with van der Waals surface area (Å²) in [4.78, 5) is 0. The number of hydrogen-bond acceptors (Lipinski definition) is 2. The minimum atomic E-state index is -0.288. The molecule has 0 aromatic heterocycles. The number of nitrogens with two attached hydrogens (primary N) is 1. The van der Waals surface area contributed by atoms with Gasteiger partial charge in [-0.2, -0.15) is 0 Å². The highest BCUT2D eigenvalue weighted by Crippen LogP contribution is 2.28. The summed E-state index contributed by atoms with van der Waals surface area (Å²) >= 11 is 0. The first-order chi connectivity index (χ1) is 7.59. The zero-order valence-corrected chi connectivity index (χ0v) is 11.0. The molecule has 1 fully saturated rings. The molecule has 0 spiro atoms. The van der Waals surface area contributed by atoms with E-state index in [9.17, 15) is 5.11 Å². The highest BCUT2D eigenvalue weighted by atomic mass is 16.3. The van der Waals surface area contributed by atoms with Crippen molar-refractivity contribution in [3.05, 3.63) is 0 Å². The van der Waals surface area contributed by atoms with Gasteiger partial charge in [0.2, 0.25) is 0 Å². The molecule has 16 heavy (non-hydrogen) atoms. The van der Waals surface area contributed by atoms with Crippen molar-refractivity contribution in [1.29, 1.82) is 0 Å². The van der Waals surface area contributed by atoms with Crippen LogP contribution in [0.2, 0.25) is 0 Å². The summed E-state index contributed by atoms with van der Waals surface area (Å²) < 4.78 is 0. The van der Waals surface area contributed by atoms with Crippen LogP contribution in [0.25, 0.3) is 0 Å². The highest BCUT2D eigenvalue weighted by molar-refractivity contribution is 4.77. The molecule has 2 atom stereocenters. The lowest BCUT2D eigenvalue weighted by Crippen LogP contribution is -2.37. The Hall–Kier alpha value is -0.0800. The summed E-state index contributed by atoms with van der Waals surface area (Å²) in [6, 6.07) is 0.00171. The van der Waals surface area contributed by atoms with Crippen molar-refractivity contribution >= 4 is 0 Å². The minimum Gasteiger partial charge on any atom is -0.392 e. The van der Waals surface area contributed by atoms with E-state index in [1.54, 1.807) is 0 Å². The van der Waals surface area contributed by atoms with Gasteiger partial charge in [0.15, 0.2) is 0 Å². The molecule has 1 aliphatic rings. The zero-order chi connectivity index (χ0) is 12.0. The fourth-order valence-electron chi connectivity index (χ4n) is 2.68. The van der Waals surface area contributed by atoms with Crippen LogP contribution in [0, 0.1) is 11.8 Å². The van der Waals surface area contributed by atoms with Gasteiger partial charge in [-0.25, -0.2) is 0 Å². The topological polar surface area (TPSA) is 46.2 Å². The third-order valence-corrected chi connectivity index (χ3v) is 3.86. The molecule has 0 aromatic carbocycles. The maximum Gasteiger partial charge on any atom is 0.0691 e. The largest absolute Gasteiger partial charge is 0.392 e. The minimum absolute atomic E-state index is 0.00171. The highest BCUT2D eigenvalue weighted by Gasteiger charge is 2.21. The Morgan fingerprint density at radius 1 is 1.12 bits per heavy atom. The normalized spacial score (nSPS) is 22.3. The van der Waals surface area contributed by atoms with Crippen LogP contribution in [0.4, 0.5) is 0 Å². The summed E-state index contributed by atoms with van der Waals surface area (Å²) in [6.45, 7) is 4.39. The van der Waals surface area contributed by atoms with Crippen molar-refractivity contribution in [3.63, 3.8) is 0 Å². The van der Waals surface area contributed by atoms with Crippen LogP contribution in [0.1, 0.15) is 65.2 Å². The van der Waals surface area contributed by atoms with Gasteiger partial charge < -0.3 is 10.8 Å². The molecule has 0 bridgehead atoms. The second-order valence-electron chi connectivity index (χ2n) is 5.94. The zero-order valence-electron chi connectivity index (χ0n) is 11.0. The number of aliphatic hydroxyl groups is 1. The molecule has 0 unspecified atom stereocenters. The van der Waals surface area contributed by atoms with Gasteiger partial charge in [-0.1, -0.05) is 46.0 Å². The maximum atomic E-state index is 9.97. The van der Waals surface area contributed by atoms with Crippen LogP contribution in [0.15, 0.2) is 0 Å². The summed E-state index contributed by atoms with van der Waals surface area (Å²) in [5, 5.41) is 9.97. The van der Waals surface area contributed by atoms with Gasteiger partial charge in [0.25, 0.3) is 0 Å². The average Bonchev–Trinajstić information content (AvgIpc) is 2.27. The van der Waals surface area contributed by atoms with Gasteiger partial charge in [0, 0.05) is 6.04 Å². The standard InChI is InChI=1S/C14H29NO/c1-11(2)8-9-14(16)13(15)10-12-6-4-3-5-7-12/h11-14,16H,3-10,15H2,1-2H3/t13-,14-/m0/s1. The molecular weight excluding hydrogens is 198 g/mol. The second-order valence-corrected chi connectivity index (χ2v) is 5.94. The van der Waals surface area contributed by atoms with Crippen molar-refractivity contribution in [2.24, 2.45) is 17.6 Å². The van der Waals surface area contributed by atoms with Crippen LogP contribution in [0.5, 0.6) is 0 Å². The first kappa shape index (κ1) is 14.0. The Kier molecular flexibility index (Phi) is 6.37. The van der Waals surface area contributed by atoms with E-state index in [1.165, 1.54) is 32.1 Å². The Balaban J connectivity index is 2.19. The van der Waals surface area contributed by atoms with Gasteiger partial charge in [-0.3, -0.25) is 0 Å². The number of hydrogen-bond donors (Lipinski definition) is 2. The van der Waals surface area contributed by atoms with E-state index in [0.717, 1.165) is 25.2 Å². The van der Waals surface area contributed by atoms with Gasteiger partial charge in [0.1, 0.15) is 0 Å². The average molecular weight is 227 g/mol. The van der Waals surface area contributed by atoms with Gasteiger partial charge in [-0.15, -0.1) is 0 Å². The van der Waals surface area contributed by atoms with Crippen LogP contribution in [-0.2, 0) is 0 Å². The lowest BCUT2D eigenvalue weighted by Gasteiger charge is -2.27.